The maximum Gasteiger partial charge on any atom is 0.130 e. The maximum atomic E-state index is 11.5. The molecule has 0 atom stereocenters. The largest absolute Gasteiger partial charge is 0.378 e. The lowest BCUT2D eigenvalue weighted by atomic mass is 9.80. The standard InChI is InChI=1S/C16H21NO2/c18-13-16(7-1-2-8-16)14-3-5-15(6-4-14)17-9-11-19-12-10-17/h3-6,13H,1-2,7-12H2. The Bertz CT molecular complexity index is 429. The van der Waals surface area contributed by atoms with Gasteiger partial charge in [0.05, 0.1) is 18.6 Å². The van der Waals surface area contributed by atoms with E-state index in [4.69, 9.17) is 4.74 Å². The average molecular weight is 259 g/mol. The van der Waals surface area contributed by atoms with E-state index in [1.807, 2.05) is 0 Å². The molecule has 1 aliphatic heterocycles. The minimum absolute atomic E-state index is 0.205. The summed E-state index contributed by atoms with van der Waals surface area (Å²) in [5.41, 5.74) is 2.23. The van der Waals surface area contributed by atoms with Crippen molar-refractivity contribution in [2.75, 3.05) is 31.2 Å². The molecule has 3 heteroatoms. The molecular weight excluding hydrogens is 238 g/mol. The molecule has 102 valence electrons. The number of anilines is 1. The molecular formula is C16H21NO2. The predicted molar refractivity (Wildman–Crippen MR) is 75.7 cm³/mol. The molecule has 19 heavy (non-hydrogen) atoms. The first kappa shape index (κ1) is 12.7. The molecule has 1 saturated carbocycles. The van der Waals surface area contributed by atoms with Crippen molar-refractivity contribution in [1.29, 1.82) is 0 Å². The molecule has 2 aliphatic rings. The average Bonchev–Trinajstić information content (AvgIpc) is 2.98. The highest BCUT2D eigenvalue weighted by Crippen LogP contribution is 2.39. The molecule has 0 amide bonds. The normalized spacial score (nSPS) is 22.4. The molecule has 0 N–H and O–H groups in total. The lowest BCUT2D eigenvalue weighted by Gasteiger charge is -2.30. The Morgan fingerprint density at radius 2 is 1.68 bits per heavy atom. The monoisotopic (exact) mass is 259 g/mol. The molecule has 1 aliphatic carbocycles. The Kier molecular flexibility index (Phi) is 3.56. The molecule has 1 aromatic rings. The van der Waals surface area contributed by atoms with Gasteiger partial charge in [0.1, 0.15) is 6.29 Å². The van der Waals surface area contributed by atoms with E-state index in [0.717, 1.165) is 39.1 Å². The summed E-state index contributed by atoms with van der Waals surface area (Å²) in [6, 6.07) is 8.60. The van der Waals surface area contributed by atoms with Crippen LogP contribution in [-0.4, -0.2) is 32.6 Å². The van der Waals surface area contributed by atoms with E-state index in [1.165, 1.54) is 30.4 Å². The van der Waals surface area contributed by atoms with Crippen molar-refractivity contribution in [3.63, 3.8) is 0 Å². The van der Waals surface area contributed by atoms with Crippen LogP contribution in [-0.2, 0) is 14.9 Å². The van der Waals surface area contributed by atoms with Crippen LogP contribution in [0.25, 0.3) is 0 Å². The highest BCUT2D eigenvalue weighted by Gasteiger charge is 2.35. The third kappa shape index (κ3) is 2.39. The Morgan fingerprint density at radius 1 is 1.05 bits per heavy atom. The number of rotatable bonds is 3. The Morgan fingerprint density at radius 3 is 2.26 bits per heavy atom. The SMILES string of the molecule is O=CC1(c2ccc(N3CCOCC3)cc2)CCCC1. The van der Waals surface area contributed by atoms with Crippen LogP contribution in [0.4, 0.5) is 5.69 Å². The number of hydrogen-bond donors (Lipinski definition) is 0. The van der Waals surface area contributed by atoms with Gasteiger partial charge in [-0.3, -0.25) is 0 Å². The number of hydrogen-bond acceptors (Lipinski definition) is 3. The van der Waals surface area contributed by atoms with Crippen LogP contribution >= 0.6 is 0 Å². The first-order chi connectivity index (χ1) is 9.34. The van der Waals surface area contributed by atoms with Crippen molar-refractivity contribution in [2.45, 2.75) is 31.1 Å². The summed E-state index contributed by atoms with van der Waals surface area (Å²) in [6.45, 7) is 3.52. The van der Waals surface area contributed by atoms with E-state index < -0.39 is 0 Å². The zero-order valence-electron chi connectivity index (χ0n) is 11.3. The smallest absolute Gasteiger partial charge is 0.130 e. The number of morpholine rings is 1. The molecule has 2 fully saturated rings. The summed E-state index contributed by atoms with van der Waals surface area (Å²) in [7, 11) is 0. The molecule has 0 unspecified atom stereocenters. The molecule has 1 saturated heterocycles. The van der Waals surface area contributed by atoms with Gasteiger partial charge in [-0.15, -0.1) is 0 Å². The number of carbonyl (C=O) groups is 1. The van der Waals surface area contributed by atoms with Crippen LogP contribution in [0.1, 0.15) is 31.2 Å². The fourth-order valence-electron chi connectivity index (χ4n) is 3.31. The van der Waals surface area contributed by atoms with Gasteiger partial charge < -0.3 is 14.4 Å². The number of benzene rings is 1. The van der Waals surface area contributed by atoms with Gasteiger partial charge in [0.2, 0.25) is 0 Å². The van der Waals surface area contributed by atoms with Gasteiger partial charge in [-0.2, -0.15) is 0 Å². The van der Waals surface area contributed by atoms with E-state index in [2.05, 4.69) is 29.2 Å². The van der Waals surface area contributed by atoms with Crippen LogP contribution in [0.15, 0.2) is 24.3 Å². The number of carbonyl (C=O) groups excluding carboxylic acids is 1. The fourth-order valence-corrected chi connectivity index (χ4v) is 3.31. The highest BCUT2D eigenvalue weighted by atomic mass is 16.5. The summed E-state index contributed by atoms with van der Waals surface area (Å²) >= 11 is 0. The van der Waals surface area contributed by atoms with Crippen LogP contribution in [0.3, 0.4) is 0 Å². The summed E-state index contributed by atoms with van der Waals surface area (Å²) in [6.07, 6.45) is 5.53. The summed E-state index contributed by atoms with van der Waals surface area (Å²) in [5, 5.41) is 0. The Labute approximate surface area is 114 Å². The molecule has 0 bridgehead atoms. The summed E-state index contributed by atoms with van der Waals surface area (Å²) in [4.78, 5) is 13.8. The molecule has 0 aromatic heterocycles. The van der Waals surface area contributed by atoms with Gasteiger partial charge in [-0.25, -0.2) is 0 Å². The van der Waals surface area contributed by atoms with Gasteiger partial charge in [0.15, 0.2) is 0 Å². The first-order valence-corrected chi connectivity index (χ1v) is 7.24. The van der Waals surface area contributed by atoms with Crippen molar-refractivity contribution < 1.29 is 9.53 Å². The zero-order valence-corrected chi connectivity index (χ0v) is 11.3. The van der Waals surface area contributed by atoms with Gasteiger partial charge in [0.25, 0.3) is 0 Å². The lowest BCUT2D eigenvalue weighted by Crippen LogP contribution is -2.36. The van der Waals surface area contributed by atoms with Gasteiger partial charge >= 0.3 is 0 Å². The lowest BCUT2D eigenvalue weighted by molar-refractivity contribution is -0.112. The van der Waals surface area contributed by atoms with Crippen molar-refractivity contribution in [3.05, 3.63) is 29.8 Å². The fraction of sp³-hybridized carbons (Fsp3) is 0.562. The third-order valence-corrected chi connectivity index (χ3v) is 4.54. The number of nitrogens with zero attached hydrogens (tertiary/aromatic N) is 1. The Balaban J connectivity index is 1.80. The van der Waals surface area contributed by atoms with E-state index in [0.29, 0.717) is 0 Å². The van der Waals surface area contributed by atoms with Gasteiger partial charge in [0, 0.05) is 18.8 Å². The molecule has 0 radical (unpaired) electrons. The second-order valence-electron chi connectivity index (χ2n) is 5.63. The van der Waals surface area contributed by atoms with Gasteiger partial charge in [-0.1, -0.05) is 25.0 Å². The van der Waals surface area contributed by atoms with Crippen LogP contribution in [0.2, 0.25) is 0 Å². The zero-order chi connectivity index (χ0) is 13.1. The quantitative estimate of drug-likeness (QED) is 0.781. The molecule has 1 aromatic carbocycles. The predicted octanol–water partition coefficient (Wildman–Crippen LogP) is 2.53. The molecule has 0 spiro atoms. The van der Waals surface area contributed by atoms with E-state index in [9.17, 15) is 4.79 Å². The van der Waals surface area contributed by atoms with E-state index >= 15 is 0 Å². The van der Waals surface area contributed by atoms with Crippen LogP contribution < -0.4 is 4.90 Å². The minimum Gasteiger partial charge on any atom is -0.378 e. The second kappa shape index (κ2) is 5.33. The van der Waals surface area contributed by atoms with Crippen molar-refractivity contribution in [3.8, 4) is 0 Å². The maximum absolute atomic E-state index is 11.5. The van der Waals surface area contributed by atoms with Crippen molar-refractivity contribution in [1.82, 2.24) is 0 Å². The summed E-state index contributed by atoms with van der Waals surface area (Å²) in [5.74, 6) is 0. The second-order valence-corrected chi connectivity index (χ2v) is 5.63. The molecule has 1 heterocycles. The molecule has 3 rings (SSSR count). The summed E-state index contributed by atoms with van der Waals surface area (Å²) < 4.78 is 5.37. The number of ether oxygens (including phenoxy) is 1. The van der Waals surface area contributed by atoms with Gasteiger partial charge in [-0.05, 0) is 30.5 Å². The topological polar surface area (TPSA) is 29.5 Å². The van der Waals surface area contributed by atoms with E-state index in [1.54, 1.807) is 0 Å². The van der Waals surface area contributed by atoms with Crippen LogP contribution in [0.5, 0.6) is 0 Å². The molecule has 3 nitrogen and oxygen atoms in total. The van der Waals surface area contributed by atoms with Crippen molar-refractivity contribution >= 4 is 12.0 Å². The van der Waals surface area contributed by atoms with Crippen LogP contribution in [0, 0.1) is 0 Å². The highest BCUT2D eigenvalue weighted by molar-refractivity contribution is 5.70. The van der Waals surface area contributed by atoms with Crippen molar-refractivity contribution in [2.24, 2.45) is 0 Å². The van der Waals surface area contributed by atoms with E-state index in [-0.39, 0.29) is 5.41 Å². The Hall–Kier alpha value is -1.35. The first-order valence-electron chi connectivity index (χ1n) is 7.24. The minimum atomic E-state index is -0.205. The third-order valence-electron chi connectivity index (χ3n) is 4.54. The number of aldehydes is 1.